The number of likely N-dealkylation sites (N-methyl/N-ethyl adjacent to an activating group) is 1. The van der Waals surface area contributed by atoms with E-state index in [1.54, 1.807) is 6.07 Å². The second-order valence-corrected chi connectivity index (χ2v) is 5.57. The van der Waals surface area contributed by atoms with Gasteiger partial charge in [-0.2, -0.15) is 0 Å². The van der Waals surface area contributed by atoms with Gasteiger partial charge in [0, 0.05) is 28.2 Å². The quantitative estimate of drug-likeness (QED) is 0.860. The number of carbonyl (C=O) groups excluding carboxylic acids is 1. The third kappa shape index (κ3) is 2.02. The Bertz CT molecular complexity index is 642. The van der Waals surface area contributed by atoms with Crippen LogP contribution in [0.2, 0.25) is 0 Å². The number of H-pyrrole nitrogens is 1. The number of aromatic nitrogens is 1. The number of fused-ring (bicyclic) bond motifs is 3. The van der Waals surface area contributed by atoms with Crippen LogP contribution in [0.3, 0.4) is 0 Å². The van der Waals surface area contributed by atoms with Crippen molar-refractivity contribution in [2.24, 2.45) is 5.73 Å². The second kappa shape index (κ2) is 4.38. The van der Waals surface area contributed by atoms with Gasteiger partial charge < -0.3 is 15.6 Å². The van der Waals surface area contributed by atoms with Crippen LogP contribution in [-0.4, -0.2) is 35.9 Å². The monoisotopic (exact) mass is 257 g/mol. The first-order valence-corrected chi connectivity index (χ1v) is 6.66. The van der Waals surface area contributed by atoms with E-state index in [1.165, 1.54) is 17.7 Å². The summed E-state index contributed by atoms with van der Waals surface area (Å²) in [5, 5.41) is 1.15. The molecule has 0 spiro atoms. The Morgan fingerprint density at radius 1 is 1.42 bits per heavy atom. The highest BCUT2D eigenvalue weighted by atomic mass is 16.1. The lowest BCUT2D eigenvalue weighted by atomic mass is 9.90. The molecule has 1 aliphatic rings. The van der Waals surface area contributed by atoms with Crippen molar-refractivity contribution >= 4 is 16.8 Å². The van der Waals surface area contributed by atoms with E-state index in [2.05, 4.69) is 24.0 Å². The molecule has 1 atom stereocenters. The molecule has 1 aliphatic carbocycles. The van der Waals surface area contributed by atoms with E-state index in [4.69, 9.17) is 5.73 Å². The zero-order valence-electron chi connectivity index (χ0n) is 11.4. The van der Waals surface area contributed by atoms with Gasteiger partial charge in [0.15, 0.2) is 0 Å². The van der Waals surface area contributed by atoms with Crippen molar-refractivity contribution in [1.29, 1.82) is 0 Å². The van der Waals surface area contributed by atoms with Crippen LogP contribution in [0.25, 0.3) is 10.9 Å². The minimum Gasteiger partial charge on any atom is -0.366 e. The summed E-state index contributed by atoms with van der Waals surface area (Å²) >= 11 is 0. The smallest absolute Gasteiger partial charge is 0.248 e. The van der Waals surface area contributed by atoms with Crippen LogP contribution in [0.5, 0.6) is 0 Å². The molecule has 0 unspecified atom stereocenters. The average molecular weight is 257 g/mol. The molecule has 0 saturated carbocycles. The molecular weight excluding hydrogens is 238 g/mol. The molecule has 0 saturated heterocycles. The minimum absolute atomic E-state index is 0.364. The van der Waals surface area contributed by atoms with E-state index in [0.29, 0.717) is 11.6 Å². The molecule has 100 valence electrons. The number of nitrogens with two attached hydrogens (primary N) is 1. The Hall–Kier alpha value is -1.81. The molecule has 0 fully saturated rings. The van der Waals surface area contributed by atoms with Crippen molar-refractivity contribution < 1.29 is 4.79 Å². The highest BCUT2D eigenvalue weighted by Crippen LogP contribution is 2.31. The van der Waals surface area contributed by atoms with Crippen LogP contribution in [0, 0.1) is 0 Å². The maximum absolute atomic E-state index is 11.3. The molecule has 0 bridgehead atoms. The molecule has 1 aromatic carbocycles. The Morgan fingerprint density at radius 3 is 2.89 bits per heavy atom. The largest absolute Gasteiger partial charge is 0.366 e. The number of amides is 1. The predicted molar refractivity (Wildman–Crippen MR) is 76.3 cm³/mol. The van der Waals surface area contributed by atoms with Gasteiger partial charge in [-0.3, -0.25) is 4.79 Å². The van der Waals surface area contributed by atoms with Gasteiger partial charge in [-0.25, -0.2) is 0 Å². The van der Waals surface area contributed by atoms with Gasteiger partial charge in [0.05, 0.1) is 0 Å². The standard InChI is InChI=1S/C15H19N3O/c1-18(2)10-4-6-14-12(8-10)11-7-9(15(16)19)3-5-13(11)17-14/h3,5,7,10,17H,4,6,8H2,1-2H3,(H2,16,19)/t10-/m1/s1. The van der Waals surface area contributed by atoms with Crippen LogP contribution in [0.15, 0.2) is 18.2 Å². The SMILES string of the molecule is CN(C)[C@@H]1CCc2[nH]c3ccc(C(N)=O)cc3c2C1. The molecule has 0 aliphatic heterocycles. The Balaban J connectivity index is 2.10. The number of aromatic amines is 1. The van der Waals surface area contributed by atoms with Gasteiger partial charge in [0.1, 0.15) is 0 Å². The van der Waals surface area contributed by atoms with Crippen LogP contribution in [-0.2, 0) is 12.8 Å². The van der Waals surface area contributed by atoms with Gasteiger partial charge in [-0.15, -0.1) is 0 Å². The maximum atomic E-state index is 11.3. The van der Waals surface area contributed by atoms with E-state index >= 15 is 0 Å². The van der Waals surface area contributed by atoms with Crippen molar-refractivity contribution in [3.05, 3.63) is 35.0 Å². The van der Waals surface area contributed by atoms with Gasteiger partial charge in [0.25, 0.3) is 0 Å². The van der Waals surface area contributed by atoms with Crippen LogP contribution >= 0.6 is 0 Å². The number of benzene rings is 1. The summed E-state index contributed by atoms with van der Waals surface area (Å²) in [4.78, 5) is 17.1. The van der Waals surface area contributed by atoms with E-state index in [0.717, 1.165) is 23.7 Å². The summed E-state index contributed by atoms with van der Waals surface area (Å²) in [7, 11) is 4.25. The first kappa shape index (κ1) is 12.2. The van der Waals surface area contributed by atoms with Crippen molar-refractivity contribution in [1.82, 2.24) is 9.88 Å². The molecular formula is C15H19N3O. The number of primary amides is 1. The fraction of sp³-hybridized carbons (Fsp3) is 0.400. The molecule has 0 radical (unpaired) electrons. The Kier molecular flexibility index (Phi) is 2.82. The number of rotatable bonds is 2. The van der Waals surface area contributed by atoms with E-state index in [-0.39, 0.29) is 5.91 Å². The third-order valence-electron chi connectivity index (χ3n) is 4.18. The maximum Gasteiger partial charge on any atom is 0.248 e. The van der Waals surface area contributed by atoms with Gasteiger partial charge >= 0.3 is 0 Å². The topological polar surface area (TPSA) is 62.1 Å². The number of aryl methyl sites for hydroxylation is 1. The summed E-state index contributed by atoms with van der Waals surface area (Å²) in [5.74, 6) is -0.364. The zero-order chi connectivity index (χ0) is 13.6. The number of nitrogens with zero attached hydrogens (tertiary/aromatic N) is 1. The van der Waals surface area contributed by atoms with E-state index in [9.17, 15) is 4.79 Å². The highest BCUT2D eigenvalue weighted by molar-refractivity contribution is 5.98. The molecule has 1 amide bonds. The highest BCUT2D eigenvalue weighted by Gasteiger charge is 2.23. The lowest BCUT2D eigenvalue weighted by Gasteiger charge is -2.28. The number of hydrogen-bond donors (Lipinski definition) is 2. The first-order valence-electron chi connectivity index (χ1n) is 6.66. The molecule has 3 N–H and O–H groups in total. The van der Waals surface area contributed by atoms with Crippen LogP contribution in [0.4, 0.5) is 0 Å². The predicted octanol–water partition coefficient (Wildman–Crippen LogP) is 1.69. The Morgan fingerprint density at radius 2 is 2.21 bits per heavy atom. The molecule has 1 aromatic heterocycles. The van der Waals surface area contributed by atoms with E-state index in [1.807, 2.05) is 12.1 Å². The fourth-order valence-corrected chi connectivity index (χ4v) is 2.99. The minimum atomic E-state index is -0.364. The average Bonchev–Trinajstić information content (AvgIpc) is 2.75. The number of hydrogen-bond acceptors (Lipinski definition) is 2. The summed E-state index contributed by atoms with van der Waals surface area (Å²) in [6, 6.07) is 6.24. The molecule has 1 heterocycles. The summed E-state index contributed by atoms with van der Waals surface area (Å²) in [6.45, 7) is 0. The van der Waals surface area contributed by atoms with Crippen molar-refractivity contribution in [3.8, 4) is 0 Å². The zero-order valence-corrected chi connectivity index (χ0v) is 11.4. The fourth-order valence-electron chi connectivity index (χ4n) is 2.99. The summed E-state index contributed by atoms with van der Waals surface area (Å²) in [5.41, 5.74) is 9.72. The second-order valence-electron chi connectivity index (χ2n) is 5.57. The Labute approximate surface area is 112 Å². The van der Waals surface area contributed by atoms with Gasteiger partial charge in [-0.05, 0) is 57.1 Å². The molecule has 4 heteroatoms. The van der Waals surface area contributed by atoms with Crippen molar-refractivity contribution in [2.75, 3.05) is 14.1 Å². The lowest BCUT2D eigenvalue weighted by Crippen LogP contribution is -2.33. The molecule has 2 aromatic rings. The van der Waals surface area contributed by atoms with E-state index < -0.39 is 0 Å². The van der Waals surface area contributed by atoms with Crippen LogP contribution in [0.1, 0.15) is 28.0 Å². The normalized spacial score (nSPS) is 18.8. The third-order valence-corrected chi connectivity index (χ3v) is 4.18. The molecule has 3 rings (SSSR count). The van der Waals surface area contributed by atoms with Crippen molar-refractivity contribution in [2.45, 2.75) is 25.3 Å². The summed E-state index contributed by atoms with van der Waals surface area (Å²) < 4.78 is 0. The summed E-state index contributed by atoms with van der Waals surface area (Å²) in [6.07, 6.45) is 3.28. The van der Waals surface area contributed by atoms with Gasteiger partial charge in [-0.1, -0.05) is 0 Å². The van der Waals surface area contributed by atoms with Crippen LogP contribution < -0.4 is 5.73 Å². The molecule has 4 nitrogen and oxygen atoms in total. The number of nitrogens with one attached hydrogen (secondary N) is 1. The molecule has 19 heavy (non-hydrogen) atoms. The lowest BCUT2D eigenvalue weighted by molar-refractivity contribution is 0.100. The number of carbonyl (C=O) groups is 1. The van der Waals surface area contributed by atoms with Gasteiger partial charge in [0.2, 0.25) is 5.91 Å². The first-order chi connectivity index (χ1) is 9.06. The van der Waals surface area contributed by atoms with Crippen molar-refractivity contribution in [3.63, 3.8) is 0 Å².